The monoisotopic (exact) mass is 296 g/mol. The summed E-state index contributed by atoms with van der Waals surface area (Å²) in [5.41, 5.74) is 0. The molecule has 0 aromatic carbocycles. The summed E-state index contributed by atoms with van der Waals surface area (Å²) in [5, 5.41) is 12.2. The minimum absolute atomic E-state index is 0.00755. The van der Waals surface area contributed by atoms with Crippen LogP contribution in [0.15, 0.2) is 0 Å². The van der Waals surface area contributed by atoms with Crippen LogP contribution >= 0.6 is 0 Å². The average molecular weight is 296 g/mol. The van der Waals surface area contributed by atoms with Crippen molar-refractivity contribution in [2.24, 2.45) is 5.92 Å². The number of nitrogens with zero attached hydrogens (tertiary/aromatic N) is 1. The first-order valence-electron chi connectivity index (χ1n) is 8.37. The molecule has 1 saturated heterocycles. The highest BCUT2D eigenvalue weighted by molar-refractivity contribution is 5.84. The van der Waals surface area contributed by atoms with Crippen molar-refractivity contribution in [2.75, 3.05) is 19.7 Å². The van der Waals surface area contributed by atoms with Gasteiger partial charge in [-0.3, -0.25) is 9.59 Å². The summed E-state index contributed by atoms with van der Waals surface area (Å²) < 4.78 is 0. The van der Waals surface area contributed by atoms with E-state index in [1.165, 1.54) is 25.7 Å². The van der Waals surface area contributed by atoms with Gasteiger partial charge in [0.15, 0.2) is 0 Å². The molecule has 0 radical (unpaired) electrons. The van der Waals surface area contributed by atoms with E-state index in [9.17, 15) is 9.59 Å². The van der Waals surface area contributed by atoms with Crippen molar-refractivity contribution in [1.29, 1.82) is 0 Å². The molecule has 1 saturated carbocycles. The van der Waals surface area contributed by atoms with Gasteiger partial charge in [-0.2, -0.15) is 0 Å². The van der Waals surface area contributed by atoms with Gasteiger partial charge in [-0.05, 0) is 19.3 Å². The summed E-state index contributed by atoms with van der Waals surface area (Å²) in [6, 6.07) is 0.306. The average Bonchev–Trinajstić information content (AvgIpc) is 2.83. The number of hydrogen-bond acceptors (Lipinski definition) is 3. The molecule has 1 aliphatic heterocycles. The SMILES string of the molecule is O=C(CCC(=O)N1CCC(CO)C1)NC1CCCCCC1. The number of rotatable bonds is 5. The number of aliphatic hydroxyl groups excluding tert-OH is 1. The maximum atomic E-state index is 12.0. The molecule has 5 nitrogen and oxygen atoms in total. The van der Waals surface area contributed by atoms with Crippen LogP contribution in [0.3, 0.4) is 0 Å². The lowest BCUT2D eigenvalue weighted by molar-refractivity contribution is -0.133. The molecule has 0 bridgehead atoms. The van der Waals surface area contributed by atoms with Crippen LogP contribution in [0, 0.1) is 5.92 Å². The number of amides is 2. The van der Waals surface area contributed by atoms with Crippen LogP contribution in [-0.2, 0) is 9.59 Å². The van der Waals surface area contributed by atoms with Crippen molar-refractivity contribution in [3.05, 3.63) is 0 Å². The molecule has 2 fully saturated rings. The number of carbonyl (C=O) groups is 2. The Morgan fingerprint density at radius 2 is 1.76 bits per heavy atom. The topological polar surface area (TPSA) is 69.6 Å². The molecule has 1 atom stereocenters. The van der Waals surface area contributed by atoms with E-state index >= 15 is 0 Å². The lowest BCUT2D eigenvalue weighted by atomic mass is 10.1. The molecular formula is C16H28N2O3. The maximum Gasteiger partial charge on any atom is 0.223 e. The Hall–Kier alpha value is -1.10. The van der Waals surface area contributed by atoms with Crippen molar-refractivity contribution in [3.63, 3.8) is 0 Å². The second kappa shape index (κ2) is 8.37. The highest BCUT2D eigenvalue weighted by atomic mass is 16.3. The summed E-state index contributed by atoms with van der Waals surface area (Å²) >= 11 is 0. The third kappa shape index (κ3) is 5.30. The summed E-state index contributed by atoms with van der Waals surface area (Å²) in [6.07, 6.45) is 8.52. The van der Waals surface area contributed by atoms with E-state index in [1.807, 2.05) is 0 Å². The van der Waals surface area contributed by atoms with Gasteiger partial charge in [0.1, 0.15) is 0 Å². The number of likely N-dealkylation sites (tertiary alicyclic amines) is 1. The number of hydrogen-bond donors (Lipinski definition) is 2. The van der Waals surface area contributed by atoms with E-state index in [0.717, 1.165) is 19.3 Å². The molecule has 2 N–H and O–H groups in total. The lowest BCUT2D eigenvalue weighted by Gasteiger charge is -2.18. The fourth-order valence-electron chi connectivity index (χ4n) is 3.31. The molecule has 2 amide bonds. The highest BCUT2D eigenvalue weighted by Gasteiger charge is 2.25. The quantitative estimate of drug-likeness (QED) is 0.754. The Morgan fingerprint density at radius 1 is 1.05 bits per heavy atom. The van der Waals surface area contributed by atoms with Crippen molar-refractivity contribution < 1.29 is 14.7 Å². The standard InChI is InChI=1S/C16H28N2O3/c19-12-13-9-10-18(11-13)16(21)8-7-15(20)17-14-5-3-1-2-4-6-14/h13-14,19H,1-12H2,(H,17,20). The van der Waals surface area contributed by atoms with Crippen LogP contribution < -0.4 is 5.32 Å². The molecule has 2 aliphatic rings. The molecule has 1 aliphatic carbocycles. The first-order valence-corrected chi connectivity index (χ1v) is 8.37. The van der Waals surface area contributed by atoms with Gasteiger partial charge in [0.05, 0.1) is 0 Å². The third-order valence-electron chi connectivity index (χ3n) is 4.68. The summed E-state index contributed by atoms with van der Waals surface area (Å²) in [4.78, 5) is 25.7. The molecule has 0 aromatic rings. The summed E-state index contributed by atoms with van der Waals surface area (Å²) in [6.45, 7) is 1.50. The van der Waals surface area contributed by atoms with Crippen molar-refractivity contribution in [2.45, 2.75) is 63.8 Å². The second-order valence-electron chi connectivity index (χ2n) is 6.43. The number of aliphatic hydroxyl groups is 1. The van der Waals surface area contributed by atoms with Crippen molar-refractivity contribution >= 4 is 11.8 Å². The Kier molecular flexibility index (Phi) is 6.49. The molecule has 5 heteroatoms. The van der Waals surface area contributed by atoms with Crippen LogP contribution in [-0.4, -0.2) is 47.6 Å². The van der Waals surface area contributed by atoms with Gasteiger partial charge in [0.2, 0.25) is 11.8 Å². The van der Waals surface area contributed by atoms with Crippen LogP contribution in [0.2, 0.25) is 0 Å². The van der Waals surface area contributed by atoms with Crippen LogP contribution in [0.4, 0.5) is 0 Å². The zero-order chi connectivity index (χ0) is 15.1. The smallest absolute Gasteiger partial charge is 0.223 e. The highest BCUT2D eigenvalue weighted by Crippen LogP contribution is 2.18. The van der Waals surface area contributed by atoms with Gasteiger partial charge in [-0.25, -0.2) is 0 Å². The summed E-state index contributed by atoms with van der Waals surface area (Å²) in [5.74, 6) is 0.267. The minimum atomic E-state index is 0.00755. The van der Waals surface area contributed by atoms with E-state index in [0.29, 0.717) is 19.1 Å². The van der Waals surface area contributed by atoms with E-state index in [4.69, 9.17) is 5.11 Å². The largest absolute Gasteiger partial charge is 0.396 e. The van der Waals surface area contributed by atoms with Gasteiger partial charge in [-0.1, -0.05) is 25.7 Å². The fourth-order valence-corrected chi connectivity index (χ4v) is 3.31. The van der Waals surface area contributed by atoms with Crippen LogP contribution in [0.5, 0.6) is 0 Å². The molecule has 1 unspecified atom stereocenters. The van der Waals surface area contributed by atoms with Crippen LogP contribution in [0.25, 0.3) is 0 Å². The Bertz CT molecular complexity index is 351. The van der Waals surface area contributed by atoms with Crippen molar-refractivity contribution in [3.8, 4) is 0 Å². The van der Waals surface area contributed by atoms with Gasteiger partial charge >= 0.3 is 0 Å². The number of carbonyl (C=O) groups excluding carboxylic acids is 2. The minimum Gasteiger partial charge on any atom is -0.396 e. The molecule has 2 rings (SSSR count). The maximum absolute atomic E-state index is 12.0. The molecule has 0 spiro atoms. The summed E-state index contributed by atoms with van der Waals surface area (Å²) in [7, 11) is 0. The lowest BCUT2D eigenvalue weighted by Crippen LogP contribution is -2.36. The molecule has 1 heterocycles. The zero-order valence-electron chi connectivity index (χ0n) is 12.9. The van der Waals surface area contributed by atoms with Gasteiger partial charge in [0.25, 0.3) is 0 Å². The normalized spacial score (nSPS) is 23.9. The molecule has 120 valence electrons. The second-order valence-corrected chi connectivity index (χ2v) is 6.43. The first kappa shape index (κ1) is 16.3. The van der Waals surface area contributed by atoms with E-state index in [-0.39, 0.29) is 37.2 Å². The van der Waals surface area contributed by atoms with E-state index in [2.05, 4.69) is 5.32 Å². The van der Waals surface area contributed by atoms with Crippen LogP contribution in [0.1, 0.15) is 57.8 Å². The first-order chi connectivity index (χ1) is 10.2. The third-order valence-corrected chi connectivity index (χ3v) is 4.68. The Labute approximate surface area is 127 Å². The Balaban J connectivity index is 1.65. The Morgan fingerprint density at radius 3 is 2.38 bits per heavy atom. The van der Waals surface area contributed by atoms with E-state index < -0.39 is 0 Å². The van der Waals surface area contributed by atoms with E-state index in [1.54, 1.807) is 4.90 Å². The van der Waals surface area contributed by atoms with Gasteiger partial charge in [0, 0.05) is 44.5 Å². The predicted molar refractivity (Wildman–Crippen MR) is 80.6 cm³/mol. The molecular weight excluding hydrogens is 268 g/mol. The number of nitrogens with one attached hydrogen (secondary N) is 1. The predicted octanol–water partition coefficient (Wildman–Crippen LogP) is 1.45. The molecule has 0 aromatic heterocycles. The fraction of sp³-hybridized carbons (Fsp3) is 0.875. The zero-order valence-corrected chi connectivity index (χ0v) is 12.9. The van der Waals surface area contributed by atoms with Crippen molar-refractivity contribution in [1.82, 2.24) is 10.2 Å². The molecule has 21 heavy (non-hydrogen) atoms. The van der Waals surface area contributed by atoms with Gasteiger partial charge < -0.3 is 15.3 Å². The van der Waals surface area contributed by atoms with Gasteiger partial charge in [-0.15, -0.1) is 0 Å².